The Kier molecular flexibility index (Phi) is 2.69. The predicted molar refractivity (Wildman–Crippen MR) is 52.4 cm³/mol. The van der Waals surface area contributed by atoms with E-state index in [2.05, 4.69) is 6.07 Å². The average Bonchev–Trinajstić information content (AvgIpc) is 2.67. The molecular formula is C11H17NO. The lowest BCUT2D eigenvalue weighted by Gasteiger charge is -2.21. The molecule has 0 amide bonds. The molecule has 0 radical (unpaired) electrons. The molecule has 2 heteroatoms. The second-order valence-corrected chi connectivity index (χ2v) is 3.84. The van der Waals surface area contributed by atoms with Gasteiger partial charge in [-0.25, -0.2) is 0 Å². The van der Waals surface area contributed by atoms with E-state index in [-0.39, 0.29) is 0 Å². The first-order valence-corrected chi connectivity index (χ1v) is 5.18. The van der Waals surface area contributed by atoms with Crippen LogP contribution < -0.4 is 5.73 Å². The van der Waals surface area contributed by atoms with Crippen molar-refractivity contribution in [2.45, 2.75) is 44.6 Å². The van der Waals surface area contributed by atoms with Gasteiger partial charge in [0.25, 0.3) is 0 Å². The molecule has 2 nitrogen and oxygen atoms in total. The molecular weight excluding hydrogens is 162 g/mol. The minimum atomic E-state index is 0.541. The molecule has 0 bridgehead atoms. The Morgan fingerprint density at radius 1 is 1.31 bits per heavy atom. The lowest BCUT2D eigenvalue weighted by molar-refractivity contribution is 0.430. The number of rotatable bonds is 2. The van der Waals surface area contributed by atoms with Crippen LogP contribution in [-0.4, -0.2) is 0 Å². The molecule has 72 valence electrons. The maximum absolute atomic E-state index is 5.61. The summed E-state index contributed by atoms with van der Waals surface area (Å²) in [5.41, 5.74) is 6.97. The van der Waals surface area contributed by atoms with Gasteiger partial charge in [0, 0.05) is 0 Å². The molecule has 1 aromatic heterocycles. The third-order valence-corrected chi connectivity index (χ3v) is 3.01. The fraction of sp³-hybridized carbons (Fsp3) is 0.636. The molecule has 1 aliphatic carbocycles. The van der Waals surface area contributed by atoms with Crippen molar-refractivity contribution in [3.05, 3.63) is 23.7 Å². The van der Waals surface area contributed by atoms with Gasteiger partial charge in [0.2, 0.25) is 0 Å². The van der Waals surface area contributed by atoms with E-state index in [4.69, 9.17) is 10.2 Å². The van der Waals surface area contributed by atoms with E-state index in [9.17, 15) is 0 Å². The first-order chi connectivity index (χ1) is 6.42. The molecule has 0 saturated heterocycles. The zero-order valence-corrected chi connectivity index (χ0v) is 7.96. The average molecular weight is 179 g/mol. The smallest absolute Gasteiger partial charge is 0.120 e. The summed E-state index contributed by atoms with van der Waals surface area (Å²) in [5, 5.41) is 0. The van der Waals surface area contributed by atoms with E-state index in [0.29, 0.717) is 12.5 Å². The van der Waals surface area contributed by atoms with Crippen molar-refractivity contribution in [2.75, 3.05) is 0 Å². The molecule has 0 aromatic carbocycles. The van der Waals surface area contributed by atoms with Gasteiger partial charge in [-0.05, 0) is 30.4 Å². The van der Waals surface area contributed by atoms with Gasteiger partial charge in [-0.15, -0.1) is 0 Å². The summed E-state index contributed by atoms with van der Waals surface area (Å²) < 4.78 is 5.34. The molecule has 1 aliphatic rings. The standard InChI is InChI=1S/C11H17NO/c12-8-11-10(6-7-13-11)9-4-2-1-3-5-9/h6-7,9H,1-5,8,12H2. The second-order valence-electron chi connectivity index (χ2n) is 3.84. The van der Waals surface area contributed by atoms with Gasteiger partial charge in [0.15, 0.2) is 0 Å². The SMILES string of the molecule is NCc1occc1C1CCCCC1. The predicted octanol–water partition coefficient (Wildman–Crippen LogP) is 2.79. The monoisotopic (exact) mass is 179 g/mol. The summed E-state index contributed by atoms with van der Waals surface area (Å²) in [6.45, 7) is 0.541. The summed E-state index contributed by atoms with van der Waals surface area (Å²) >= 11 is 0. The van der Waals surface area contributed by atoms with Crippen LogP contribution in [0.1, 0.15) is 49.3 Å². The highest BCUT2D eigenvalue weighted by Gasteiger charge is 2.19. The molecule has 2 rings (SSSR count). The molecule has 0 atom stereocenters. The maximum atomic E-state index is 5.61. The number of hydrogen-bond donors (Lipinski definition) is 1. The number of nitrogens with two attached hydrogens (primary N) is 1. The highest BCUT2D eigenvalue weighted by molar-refractivity contribution is 5.22. The molecule has 13 heavy (non-hydrogen) atoms. The van der Waals surface area contributed by atoms with Gasteiger partial charge in [-0.3, -0.25) is 0 Å². The molecule has 1 saturated carbocycles. The Bertz CT molecular complexity index is 261. The zero-order chi connectivity index (χ0) is 9.10. The van der Waals surface area contributed by atoms with Gasteiger partial charge in [0.1, 0.15) is 5.76 Å². The van der Waals surface area contributed by atoms with E-state index >= 15 is 0 Å². The lowest BCUT2D eigenvalue weighted by atomic mass is 9.84. The van der Waals surface area contributed by atoms with E-state index in [1.54, 1.807) is 6.26 Å². The zero-order valence-electron chi connectivity index (χ0n) is 7.96. The molecule has 0 unspecified atom stereocenters. The van der Waals surface area contributed by atoms with Crippen molar-refractivity contribution in [3.8, 4) is 0 Å². The van der Waals surface area contributed by atoms with Crippen LogP contribution in [0, 0.1) is 0 Å². The summed E-state index contributed by atoms with van der Waals surface area (Å²) in [6.07, 6.45) is 8.51. The second kappa shape index (κ2) is 3.97. The van der Waals surface area contributed by atoms with Crippen molar-refractivity contribution in [3.63, 3.8) is 0 Å². The van der Waals surface area contributed by atoms with Gasteiger partial charge < -0.3 is 10.2 Å². The number of hydrogen-bond acceptors (Lipinski definition) is 2. The first kappa shape index (κ1) is 8.82. The van der Waals surface area contributed by atoms with Gasteiger partial charge in [-0.2, -0.15) is 0 Å². The van der Waals surface area contributed by atoms with E-state index in [1.807, 2.05) is 0 Å². The van der Waals surface area contributed by atoms with Gasteiger partial charge in [-0.1, -0.05) is 19.3 Å². The molecule has 0 aliphatic heterocycles. The van der Waals surface area contributed by atoms with Crippen LogP contribution in [-0.2, 0) is 6.54 Å². The maximum Gasteiger partial charge on any atom is 0.120 e. The van der Waals surface area contributed by atoms with Crippen molar-refractivity contribution in [1.29, 1.82) is 0 Å². The first-order valence-electron chi connectivity index (χ1n) is 5.18. The van der Waals surface area contributed by atoms with Gasteiger partial charge >= 0.3 is 0 Å². The molecule has 1 fully saturated rings. The van der Waals surface area contributed by atoms with E-state index in [0.717, 1.165) is 5.76 Å². The van der Waals surface area contributed by atoms with Crippen LogP contribution in [0.2, 0.25) is 0 Å². The highest BCUT2D eigenvalue weighted by Crippen LogP contribution is 2.34. The normalized spacial score (nSPS) is 19.2. The topological polar surface area (TPSA) is 39.2 Å². The van der Waals surface area contributed by atoms with E-state index < -0.39 is 0 Å². The van der Waals surface area contributed by atoms with Crippen LogP contribution in [0.25, 0.3) is 0 Å². The third-order valence-electron chi connectivity index (χ3n) is 3.01. The minimum Gasteiger partial charge on any atom is -0.468 e. The van der Waals surface area contributed by atoms with Crippen molar-refractivity contribution >= 4 is 0 Å². The Labute approximate surface area is 79.1 Å². The molecule has 0 spiro atoms. The quantitative estimate of drug-likeness (QED) is 0.758. The summed E-state index contributed by atoms with van der Waals surface area (Å²) in [7, 11) is 0. The van der Waals surface area contributed by atoms with Crippen LogP contribution >= 0.6 is 0 Å². The molecule has 2 N–H and O–H groups in total. The fourth-order valence-corrected chi connectivity index (χ4v) is 2.29. The molecule has 1 aromatic rings. The fourth-order valence-electron chi connectivity index (χ4n) is 2.29. The Morgan fingerprint density at radius 2 is 2.08 bits per heavy atom. The van der Waals surface area contributed by atoms with Crippen LogP contribution in [0.5, 0.6) is 0 Å². The summed E-state index contributed by atoms with van der Waals surface area (Å²) in [5.74, 6) is 1.71. The Morgan fingerprint density at radius 3 is 2.77 bits per heavy atom. The minimum absolute atomic E-state index is 0.541. The van der Waals surface area contributed by atoms with Gasteiger partial charge in [0.05, 0.1) is 12.8 Å². The highest BCUT2D eigenvalue weighted by atomic mass is 16.3. The van der Waals surface area contributed by atoms with Crippen molar-refractivity contribution < 1.29 is 4.42 Å². The van der Waals surface area contributed by atoms with Crippen LogP contribution in [0.4, 0.5) is 0 Å². The third kappa shape index (κ3) is 1.78. The number of furan rings is 1. The Balaban J connectivity index is 2.13. The van der Waals surface area contributed by atoms with Crippen molar-refractivity contribution in [2.24, 2.45) is 5.73 Å². The molecule has 1 heterocycles. The Hall–Kier alpha value is -0.760. The largest absolute Gasteiger partial charge is 0.468 e. The lowest BCUT2D eigenvalue weighted by Crippen LogP contribution is -2.07. The van der Waals surface area contributed by atoms with Crippen LogP contribution in [0.3, 0.4) is 0 Å². The van der Waals surface area contributed by atoms with Crippen LogP contribution in [0.15, 0.2) is 16.7 Å². The van der Waals surface area contributed by atoms with E-state index in [1.165, 1.54) is 37.7 Å². The van der Waals surface area contributed by atoms with Crippen molar-refractivity contribution in [1.82, 2.24) is 0 Å². The summed E-state index contributed by atoms with van der Waals surface area (Å²) in [6, 6.07) is 2.10. The summed E-state index contributed by atoms with van der Waals surface area (Å²) in [4.78, 5) is 0.